The Hall–Kier alpha value is -0.840. The maximum Gasteiger partial charge on any atom is 0.270 e. The van der Waals surface area contributed by atoms with Crippen LogP contribution in [0.25, 0.3) is 0 Å². The van der Waals surface area contributed by atoms with Gasteiger partial charge in [0.2, 0.25) is 5.82 Å². The maximum atomic E-state index is 5.62. The van der Waals surface area contributed by atoms with E-state index in [-0.39, 0.29) is 0 Å². The largest absolute Gasteiger partial charge is 0.474 e. The molecule has 1 fully saturated rings. The van der Waals surface area contributed by atoms with E-state index in [0.717, 1.165) is 31.3 Å². The Labute approximate surface area is 101 Å². The molecule has 2 heterocycles. The Morgan fingerprint density at radius 3 is 3.06 bits per heavy atom. The second-order valence-corrected chi connectivity index (χ2v) is 4.81. The average Bonchev–Trinajstić information content (AvgIpc) is 2.75. The molecule has 0 aromatic carbocycles. The van der Waals surface area contributed by atoms with Crippen molar-refractivity contribution in [2.75, 3.05) is 18.1 Å². The van der Waals surface area contributed by atoms with E-state index in [1.165, 1.54) is 31.0 Å². The van der Waals surface area contributed by atoms with Crippen molar-refractivity contribution < 1.29 is 4.74 Å². The first kappa shape index (κ1) is 11.6. The molecule has 1 atom stereocenters. The van der Waals surface area contributed by atoms with Crippen LogP contribution in [-0.4, -0.2) is 27.9 Å². The topological polar surface area (TPSA) is 38.3 Å². The fourth-order valence-electron chi connectivity index (χ4n) is 2.05. The summed E-state index contributed by atoms with van der Waals surface area (Å²) >= 11 is 1.25. The lowest BCUT2D eigenvalue weighted by Crippen LogP contribution is -2.37. The number of hydrogen-bond acceptors (Lipinski definition) is 5. The van der Waals surface area contributed by atoms with Gasteiger partial charge in [-0.05, 0) is 32.6 Å². The zero-order valence-corrected chi connectivity index (χ0v) is 10.8. The molecule has 2 rings (SSSR count). The lowest BCUT2D eigenvalue weighted by molar-refractivity contribution is 0.306. The van der Waals surface area contributed by atoms with Crippen molar-refractivity contribution in [2.24, 2.45) is 0 Å². The molecular weight excluding hydrogens is 222 g/mol. The molecule has 1 aromatic heterocycles. The van der Waals surface area contributed by atoms with Gasteiger partial charge in [-0.25, -0.2) is 0 Å². The van der Waals surface area contributed by atoms with Crippen LogP contribution in [0.1, 0.15) is 39.5 Å². The summed E-state index contributed by atoms with van der Waals surface area (Å²) in [5.74, 6) is 1.67. The minimum absolute atomic E-state index is 0.557. The highest BCUT2D eigenvalue weighted by atomic mass is 32.1. The summed E-state index contributed by atoms with van der Waals surface area (Å²) < 4.78 is 14.2. The zero-order valence-electron chi connectivity index (χ0n) is 9.98. The third-order valence-corrected chi connectivity index (χ3v) is 3.46. The standard InChI is InChI=1S/C11H19N3OS/c1-3-8-15-11-10(12-16-13-11)14-7-5-4-6-9(14)2/h9H,3-8H2,1-2H3. The Bertz CT molecular complexity index is 329. The van der Waals surface area contributed by atoms with Crippen molar-refractivity contribution in [1.29, 1.82) is 0 Å². The van der Waals surface area contributed by atoms with Crippen molar-refractivity contribution in [1.82, 2.24) is 8.75 Å². The normalized spacial score (nSPS) is 21.1. The smallest absolute Gasteiger partial charge is 0.270 e. The van der Waals surface area contributed by atoms with E-state index in [1.807, 2.05) is 0 Å². The van der Waals surface area contributed by atoms with E-state index >= 15 is 0 Å². The van der Waals surface area contributed by atoms with E-state index < -0.39 is 0 Å². The zero-order chi connectivity index (χ0) is 11.4. The van der Waals surface area contributed by atoms with Gasteiger partial charge in [-0.1, -0.05) is 6.92 Å². The highest BCUT2D eigenvalue weighted by Crippen LogP contribution is 2.30. The van der Waals surface area contributed by atoms with Gasteiger partial charge in [-0.2, -0.15) is 4.37 Å². The molecular formula is C11H19N3OS. The van der Waals surface area contributed by atoms with Gasteiger partial charge in [-0.3, -0.25) is 0 Å². The molecule has 1 aliphatic rings. The van der Waals surface area contributed by atoms with Crippen LogP contribution in [0.15, 0.2) is 0 Å². The molecule has 4 nitrogen and oxygen atoms in total. The Morgan fingerprint density at radius 2 is 2.31 bits per heavy atom. The molecule has 1 aliphatic heterocycles. The molecule has 5 heteroatoms. The van der Waals surface area contributed by atoms with Crippen LogP contribution in [0.3, 0.4) is 0 Å². The van der Waals surface area contributed by atoms with Gasteiger partial charge in [0.1, 0.15) is 0 Å². The van der Waals surface area contributed by atoms with Crippen LogP contribution >= 0.6 is 11.7 Å². The summed E-state index contributed by atoms with van der Waals surface area (Å²) in [4.78, 5) is 2.33. The van der Waals surface area contributed by atoms with E-state index in [9.17, 15) is 0 Å². The predicted molar refractivity (Wildman–Crippen MR) is 66.4 cm³/mol. The molecule has 0 bridgehead atoms. The van der Waals surface area contributed by atoms with Crippen LogP contribution in [-0.2, 0) is 0 Å². The Kier molecular flexibility index (Phi) is 3.98. The number of ether oxygens (including phenoxy) is 1. The summed E-state index contributed by atoms with van der Waals surface area (Å²) in [7, 11) is 0. The molecule has 1 aromatic rings. The first-order chi connectivity index (χ1) is 7.83. The number of hydrogen-bond donors (Lipinski definition) is 0. The molecule has 0 saturated carbocycles. The van der Waals surface area contributed by atoms with Crippen LogP contribution < -0.4 is 9.64 Å². The summed E-state index contributed by atoms with van der Waals surface area (Å²) in [6.45, 7) is 6.15. The number of piperidine rings is 1. The molecule has 16 heavy (non-hydrogen) atoms. The number of nitrogens with zero attached hydrogens (tertiary/aromatic N) is 3. The highest BCUT2D eigenvalue weighted by Gasteiger charge is 2.24. The first-order valence-electron chi connectivity index (χ1n) is 6.05. The third kappa shape index (κ3) is 2.45. The minimum atomic E-state index is 0.557. The van der Waals surface area contributed by atoms with Gasteiger partial charge in [-0.15, -0.1) is 4.37 Å². The Balaban J connectivity index is 2.09. The molecule has 1 unspecified atom stereocenters. The quantitative estimate of drug-likeness (QED) is 0.812. The number of aromatic nitrogens is 2. The highest BCUT2D eigenvalue weighted by molar-refractivity contribution is 6.99. The lowest BCUT2D eigenvalue weighted by atomic mass is 10.0. The van der Waals surface area contributed by atoms with Gasteiger partial charge in [0.25, 0.3) is 5.88 Å². The number of anilines is 1. The van der Waals surface area contributed by atoms with Crippen molar-refractivity contribution in [3.05, 3.63) is 0 Å². The molecule has 0 amide bonds. The maximum absolute atomic E-state index is 5.62. The minimum Gasteiger partial charge on any atom is -0.474 e. The van der Waals surface area contributed by atoms with Gasteiger partial charge in [0, 0.05) is 12.6 Å². The van der Waals surface area contributed by atoms with E-state index in [4.69, 9.17) is 4.74 Å². The molecule has 0 radical (unpaired) electrons. The second-order valence-electron chi connectivity index (χ2n) is 4.28. The predicted octanol–water partition coefficient (Wildman–Crippen LogP) is 2.71. The van der Waals surface area contributed by atoms with Crippen LogP contribution in [0, 0.1) is 0 Å². The van der Waals surface area contributed by atoms with Crippen LogP contribution in [0.4, 0.5) is 5.82 Å². The molecule has 0 N–H and O–H groups in total. The summed E-state index contributed by atoms with van der Waals surface area (Å²) in [6, 6.07) is 0.557. The van der Waals surface area contributed by atoms with Gasteiger partial charge in [0.15, 0.2) is 0 Å². The molecule has 1 saturated heterocycles. The first-order valence-corrected chi connectivity index (χ1v) is 6.78. The van der Waals surface area contributed by atoms with E-state index in [1.54, 1.807) is 0 Å². The van der Waals surface area contributed by atoms with E-state index in [0.29, 0.717) is 6.04 Å². The van der Waals surface area contributed by atoms with Crippen LogP contribution in [0.2, 0.25) is 0 Å². The van der Waals surface area contributed by atoms with Crippen molar-refractivity contribution >= 4 is 17.5 Å². The monoisotopic (exact) mass is 241 g/mol. The molecule has 90 valence electrons. The van der Waals surface area contributed by atoms with Crippen molar-refractivity contribution in [3.63, 3.8) is 0 Å². The third-order valence-electron chi connectivity index (χ3n) is 2.96. The average molecular weight is 241 g/mol. The fourth-order valence-corrected chi connectivity index (χ4v) is 2.56. The Morgan fingerprint density at radius 1 is 1.44 bits per heavy atom. The summed E-state index contributed by atoms with van der Waals surface area (Å²) in [6.07, 6.45) is 4.81. The molecule has 0 spiro atoms. The second kappa shape index (κ2) is 5.48. The van der Waals surface area contributed by atoms with Crippen molar-refractivity contribution in [3.8, 4) is 5.88 Å². The van der Waals surface area contributed by atoms with Gasteiger partial charge in [0.05, 0.1) is 18.3 Å². The number of rotatable bonds is 4. The van der Waals surface area contributed by atoms with E-state index in [2.05, 4.69) is 27.5 Å². The summed E-state index contributed by atoms with van der Waals surface area (Å²) in [5.41, 5.74) is 0. The SMILES string of the molecule is CCCOc1nsnc1N1CCCCC1C. The fraction of sp³-hybridized carbons (Fsp3) is 0.818. The van der Waals surface area contributed by atoms with Gasteiger partial charge >= 0.3 is 0 Å². The molecule has 0 aliphatic carbocycles. The van der Waals surface area contributed by atoms with Crippen LogP contribution in [0.5, 0.6) is 5.88 Å². The van der Waals surface area contributed by atoms with Crippen molar-refractivity contribution in [2.45, 2.75) is 45.6 Å². The summed E-state index contributed by atoms with van der Waals surface area (Å²) in [5, 5.41) is 0. The van der Waals surface area contributed by atoms with Gasteiger partial charge < -0.3 is 9.64 Å². The lowest BCUT2D eigenvalue weighted by Gasteiger charge is -2.33.